The summed E-state index contributed by atoms with van der Waals surface area (Å²) in [7, 11) is 0. The molecule has 2 aliphatic rings. The summed E-state index contributed by atoms with van der Waals surface area (Å²) < 4.78 is 0. The van der Waals surface area contributed by atoms with Crippen molar-refractivity contribution >= 4 is 45.8 Å². The summed E-state index contributed by atoms with van der Waals surface area (Å²) in [5.41, 5.74) is 3.03. The molecule has 1 amide bonds. The molecule has 2 saturated heterocycles. The first-order valence-corrected chi connectivity index (χ1v) is 12.0. The number of rotatable bonds is 4. The number of nitrogens with one attached hydrogen (secondary N) is 1. The maximum atomic E-state index is 13.1. The highest BCUT2D eigenvalue weighted by Crippen LogP contribution is 2.33. The van der Waals surface area contributed by atoms with Crippen LogP contribution in [0.15, 0.2) is 42.5 Å². The summed E-state index contributed by atoms with van der Waals surface area (Å²) in [4.78, 5) is 27.8. The predicted octanol–water partition coefficient (Wildman–Crippen LogP) is 4.43. The molecule has 8 heteroatoms. The van der Waals surface area contributed by atoms with Gasteiger partial charge in [0, 0.05) is 32.1 Å². The number of halogens is 2. The number of para-hydroxylation sites is 2. The molecule has 0 radical (unpaired) electrons. The molecule has 2 fully saturated rings. The first kappa shape index (κ1) is 21.6. The molecule has 168 valence electrons. The molecule has 3 aromatic rings. The molecule has 1 aromatic heterocycles. The molecule has 2 aliphatic heterocycles. The van der Waals surface area contributed by atoms with E-state index in [0.29, 0.717) is 16.0 Å². The van der Waals surface area contributed by atoms with Crippen LogP contribution in [0.5, 0.6) is 0 Å². The van der Waals surface area contributed by atoms with Gasteiger partial charge in [-0.1, -0.05) is 41.4 Å². The number of hydrogen-bond donors (Lipinski definition) is 1. The van der Waals surface area contributed by atoms with Crippen molar-refractivity contribution < 1.29 is 4.79 Å². The van der Waals surface area contributed by atoms with Crippen molar-refractivity contribution in [3.05, 3.63) is 58.3 Å². The minimum absolute atomic E-state index is 0.114. The van der Waals surface area contributed by atoms with Gasteiger partial charge >= 0.3 is 0 Å². The number of piperazine rings is 1. The second-order valence-electron chi connectivity index (χ2n) is 8.64. The van der Waals surface area contributed by atoms with Crippen LogP contribution in [0.1, 0.15) is 18.7 Å². The smallest absolute Gasteiger partial charge is 0.225 e. The Hall–Kier alpha value is -2.28. The maximum absolute atomic E-state index is 13.1. The van der Waals surface area contributed by atoms with E-state index in [1.54, 1.807) is 6.07 Å². The van der Waals surface area contributed by atoms with Crippen LogP contribution in [0.2, 0.25) is 10.0 Å². The number of aromatic nitrogens is 2. The van der Waals surface area contributed by atoms with Gasteiger partial charge in [0.25, 0.3) is 0 Å². The molecule has 32 heavy (non-hydrogen) atoms. The summed E-state index contributed by atoms with van der Waals surface area (Å²) in [6, 6.07) is 13.8. The van der Waals surface area contributed by atoms with Gasteiger partial charge in [0.15, 0.2) is 0 Å². The van der Waals surface area contributed by atoms with Gasteiger partial charge in [-0.15, -0.1) is 0 Å². The number of fused-ring (bicyclic) bond motifs is 1. The number of likely N-dealkylation sites (tertiary alicyclic amines) is 1. The topological polar surface area (TPSA) is 55.5 Å². The number of carbonyl (C=O) groups is 1. The Morgan fingerprint density at radius 3 is 2.47 bits per heavy atom. The largest absolute Gasteiger partial charge is 0.367 e. The highest BCUT2D eigenvalue weighted by molar-refractivity contribution is 6.43. The summed E-state index contributed by atoms with van der Waals surface area (Å²) in [5, 5.41) is 1.16. The van der Waals surface area contributed by atoms with Crippen LogP contribution in [0.4, 0.5) is 5.69 Å². The highest BCUT2D eigenvalue weighted by Gasteiger charge is 2.31. The maximum Gasteiger partial charge on any atom is 0.225 e. The summed E-state index contributed by atoms with van der Waals surface area (Å²) in [6.45, 7) is 5.64. The molecule has 0 unspecified atom stereocenters. The van der Waals surface area contributed by atoms with Crippen LogP contribution in [0.25, 0.3) is 11.0 Å². The van der Waals surface area contributed by atoms with Crippen LogP contribution in [0, 0.1) is 5.92 Å². The lowest BCUT2D eigenvalue weighted by molar-refractivity contribution is -0.137. The normalized spacial score (nSPS) is 18.4. The highest BCUT2D eigenvalue weighted by atomic mass is 35.5. The van der Waals surface area contributed by atoms with E-state index in [1.807, 2.05) is 35.2 Å². The SMILES string of the molecule is O=C(C1CCN(Cc2nc3ccccc3[nH]2)CC1)N1CCN(c2cccc(Cl)c2Cl)CC1. The van der Waals surface area contributed by atoms with Crippen LogP contribution < -0.4 is 4.90 Å². The molecular formula is C24H27Cl2N5O. The molecule has 0 spiro atoms. The first-order valence-electron chi connectivity index (χ1n) is 11.2. The minimum atomic E-state index is 0.114. The standard InChI is InChI=1S/C24H27Cl2N5O/c25-18-4-3-7-21(23(18)26)30-12-14-31(15-13-30)24(32)17-8-10-29(11-9-17)16-22-27-19-5-1-2-6-20(19)28-22/h1-7,17H,8-16H2,(H,27,28). The number of benzene rings is 2. The fraction of sp³-hybridized carbons (Fsp3) is 0.417. The zero-order valence-electron chi connectivity index (χ0n) is 17.9. The predicted molar refractivity (Wildman–Crippen MR) is 129 cm³/mol. The van der Waals surface area contributed by atoms with E-state index in [9.17, 15) is 4.79 Å². The van der Waals surface area contributed by atoms with Crippen molar-refractivity contribution in [2.45, 2.75) is 19.4 Å². The average molecular weight is 472 g/mol. The number of aromatic amines is 1. The van der Waals surface area contributed by atoms with E-state index in [-0.39, 0.29) is 5.92 Å². The number of anilines is 1. The molecule has 5 rings (SSSR count). The fourth-order valence-corrected chi connectivity index (χ4v) is 5.21. The monoisotopic (exact) mass is 471 g/mol. The molecule has 2 aromatic carbocycles. The van der Waals surface area contributed by atoms with E-state index in [0.717, 1.165) is 81.2 Å². The summed E-state index contributed by atoms with van der Waals surface area (Å²) in [5.74, 6) is 1.40. The van der Waals surface area contributed by atoms with E-state index < -0.39 is 0 Å². The fourth-order valence-electron chi connectivity index (χ4n) is 4.79. The third kappa shape index (κ3) is 4.45. The summed E-state index contributed by atoms with van der Waals surface area (Å²) in [6.07, 6.45) is 1.80. The molecule has 0 saturated carbocycles. The van der Waals surface area contributed by atoms with Crippen molar-refractivity contribution in [2.24, 2.45) is 5.92 Å². The third-order valence-corrected chi connectivity index (χ3v) is 7.42. The lowest BCUT2D eigenvalue weighted by Gasteiger charge is -2.39. The van der Waals surface area contributed by atoms with Crippen molar-refractivity contribution in [3.8, 4) is 0 Å². The number of amides is 1. The number of piperidine rings is 1. The van der Waals surface area contributed by atoms with Gasteiger partial charge in [-0.2, -0.15) is 0 Å². The molecule has 3 heterocycles. The van der Waals surface area contributed by atoms with Gasteiger partial charge in [0.05, 0.1) is 33.3 Å². The van der Waals surface area contributed by atoms with E-state index in [2.05, 4.69) is 25.8 Å². The van der Waals surface area contributed by atoms with E-state index in [4.69, 9.17) is 23.2 Å². The second kappa shape index (κ2) is 9.30. The zero-order valence-corrected chi connectivity index (χ0v) is 19.4. The number of H-pyrrole nitrogens is 1. The Bertz CT molecular complexity index is 1070. The van der Waals surface area contributed by atoms with Gasteiger partial charge < -0.3 is 14.8 Å². The van der Waals surface area contributed by atoms with Gasteiger partial charge in [-0.25, -0.2) is 4.98 Å². The molecule has 6 nitrogen and oxygen atoms in total. The Balaban J connectivity index is 1.12. The quantitative estimate of drug-likeness (QED) is 0.611. The van der Waals surface area contributed by atoms with Gasteiger partial charge in [0.1, 0.15) is 5.82 Å². The van der Waals surface area contributed by atoms with Crippen LogP contribution in [-0.2, 0) is 11.3 Å². The molecule has 1 N–H and O–H groups in total. The van der Waals surface area contributed by atoms with Crippen LogP contribution >= 0.6 is 23.2 Å². The number of hydrogen-bond acceptors (Lipinski definition) is 4. The second-order valence-corrected chi connectivity index (χ2v) is 9.42. The minimum Gasteiger partial charge on any atom is -0.367 e. The van der Waals surface area contributed by atoms with Gasteiger partial charge in [-0.05, 0) is 50.2 Å². The average Bonchev–Trinajstić information content (AvgIpc) is 3.23. The van der Waals surface area contributed by atoms with Crippen molar-refractivity contribution in [1.82, 2.24) is 19.8 Å². The van der Waals surface area contributed by atoms with Crippen molar-refractivity contribution in [1.29, 1.82) is 0 Å². The Labute approximate surface area is 198 Å². The van der Waals surface area contributed by atoms with Crippen LogP contribution in [0.3, 0.4) is 0 Å². The molecule has 0 bridgehead atoms. The summed E-state index contributed by atoms with van der Waals surface area (Å²) >= 11 is 12.5. The number of nitrogens with zero attached hydrogens (tertiary/aromatic N) is 4. The Kier molecular flexibility index (Phi) is 6.26. The Morgan fingerprint density at radius 1 is 0.969 bits per heavy atom. The lowest BCUT2D eigenvalue weighted by atomic mass is 9.95. The molecular weight excluding hydrogens is 445 g/mol. The lowest BCUT2D eigenvalue weighted by Crippen LogP contribution is -2.51. The number of carbonyl (C=O) groups excluding carboxylic acids is 1. The molecule has 0 aliphatic carbocycles. The first-order chi connectivity index (χ1) is 15.6. The van der Waals surface area contributed by atoms with E-state index in [1.165, 1.54) is 0 Å². The molecule has 0 atom stereocenters. The van der Waals surface area contributed by atoms with Crippen LogP contribution in [-0.4, -0.2) is 64.9 Å². The zero-order chi connectivity index (χ0) is 22.1. The number of imidazole rings is 1. The van der Waals surface area contributed by atoms with Gasteiger partial charge in [-0.3, -0.25) is 9.69 Å². The van der Waals surface area contributed by atoms with Gasteiger partial charge in [0.2, 0.25) is 5.91 Å². The van der Waals surface area contributed by atoms with E-state index >= 15 is 0 Å². The Morgan fingerprint density at radius 2 is 1.72 bits per heavy atom. The van der Waals surface area contributed by atoms with Crippen molar-refractivity contribution in [2.75, 3.05) is 44.2 Å². The third-order valence-electron chi connectivity index (χ3n) is 6.61. The van der Waals surface area contributed by atoms with Crippen molar-refractivity contribution in [3.63, 3.8) is 0 Å².